The lowest BCUT2D eigenvalue weighted by atomic mass is 9.88. The fraction of sp³-hybridized carbons (Fsp3) is 0.455. The van der Waals surface area contributed by atoms with Gasteiger partial charge >= 0.3 is 0 Å². The molecule has 1 aliphatic rings. The zero-order valence-electron chi connectivity index (χ0n) is 17.7. The van der Waals surface area contributed by atoms with Crippen LogP contribution in [0.3, 0.4) is 0 Å². The normalized spacial score (nSPS) is 14.3. The van der Waals surface area contributed by atoms with Gasteiger partial charge in [0.25, 0.3) is 0 Å². The minimum atomic E-state index is -0.549. The van der Waals surface area contributed by atoms with Crippen molar-refractivity contribution in [3.05, 3.63) is 35.1 Å². The van der Waals surface area contributed by atoms with Crippen molar-refractivity contribution in [3.8, 4) is 0 Å². The first-order chi connectivity index (χ1) is 14.8. The maximum Gasteiger partial charge on any atom is 0.230 e. The Labute approximate surface area is 184 Å². The van der Waals surface area contributed by atoms with E-state index in [0.717, 1.165) is 32.1 Å². The highest BCUT2D eigenvalue weighted by atomic mass is 32.1. The van der Waals surface area contributed by atoms with Gasteiger partial charge in [-0.1, -0.05) is 33.1 Å². The smallest absolute Gasteiger partial charge is 0.230 e. The lowest BCUT2D eigenvalue weighted by molar-refractivity contribution is -0.121. The van der Waals surface area contributed by atoms with Gasteiger partial charge in [0.15, 0.2) is 5.13 Å². The quantitative estimate of drug-likeness (QED) is 0.580. The highest BCUT2D eigenvalue weighted by Gasteiger charge is 2.22. The number of nitrogens with zero attached hydrogens (tertiary/aromatic N) is 1. The van der Waals surface area contributed by atoms with Crippen molar-refractivity contribution < 1.29 is 18.8 Å². The number of nitrogens with one attached hydrogen (secondary N) is 3. The van der Waals surface area contributed by atoms with E-state index >= 15 is 0 Å². The highest BCUT2D eigenvalue weighted by Crippen LogP contribution is 2.27. The van der Waals surface area contributed by atoms with Gasteiger partial charge in [0.1, 0.15) is 5.82 Å². The summed E-state index contributed by atoms with van der Waals surface area (Å²) in [5.41, 5.74) is 0.962. The summed E-state index contributed by atoms with van der Waals surface area (Å²) in [6.45, 7) is 3.57. The fourth-order valence-electron chi connectivity index (χ4n) is 3.36. The molecule has 1 aromatic heterocycles. The van der Waals surface area contributed by atoms with Crippen LogP contribution in [0.5, 0.6) is 0 Å². The monoisotopic (exact) mass is 446 g/mol. The van der Waals surface area contributed by atoms with Gasteiger partial charge in [-0.3, -0.25) is 14.4 Å². The molecule has 1 aromatic carbocycles. The van der Waals surface area contributed by atoms with Gasteiger partial charge < -0.3 is 16.0 Å². The molecule has 0 bridgehead atoms. The minimum Gasteiger partial charge on any atom is -0.326 e. The molecule has 0 saturated heterocycles. The van der Waals surface area contributed by atoms with E-state index in [9.17, 15) is 18.8 Å². The van der Waals surface area contributed by atoms with Crippen molar-refractivity contribution in [2.45, 2.75) is 52.4 Å². The Morgan fingerprint density at radius 2 is 1.87 bits per heavy atom. The van der Waals surface area contributed by atoms with Crippen molar-refractivity contribution >= 4 is 45.6 Å². The van der Waals surface area contributed by atoms with E-state index < -0.39 is 5.82 Å². The number of anilines is 3. The molecule has 1 aliphatic carbocycles. The van der Waals surface area contributed by atoms with Crippen LogP contribution in [0.4, 0.5) is 20.9 Å². The minimum absolute atomic E-state index is 0.00912. The first-order valence-electron chi connectivity index (χ1n) is 10.5. The molecule has 0 aliphatic heterocycles. The second kappa shape index (κ2) is 10.5. The number of rotatable bonds is 7. The Morgan fingerprint density at radius 3 is 2.58 bits per heavy atom. The highest BCUT2D eigenvalue weighted by molar-refractivity contribution is 7.13. The molecular formula is C22H27FN4O3S. The average Bonchev–Trinajstić information content (AvgIpc) is 3.17. The van der Waals surface area contributed by atoms with E-state index in [1.54, 1.807) is 19.2 Å². The number of thiazole rings is 1. The summed E-state index contributed by atoms with van der Waals surface area (Å²) in [7, 11) is 0. The van der Waals surface area contributed by atoms with E-state index in [4.69, 9.17) is 0 Å². The van der Waals surface area contributed by atoms with Crippen molar-refractivity contribution in [1.82, 2.24) is 4.98 Å². The number of carbonyl (C=O) groups is 3. The Hall–Kier alpha value is -2.81. The van der Waals surface area contributed by atoms with Crippen molar-refractivity contribution in [2.75, 3.05) is 16.0 Å². The lowest BCUT2D eigenvalue weighted by Crippen LogP contribution is -2.25. The summed E-state index contributed by atoms with van der Waals surface area (Å²) in [5.74, 6) is -1.46. The molecule has 0 radical (unpaired) electrons. The van der Waals surface area contributed by atoms with Crippen LogP contribution in [0.25, 0.3) is 0 Å². The van der Waals surface area contributed by atoms with Gasteiger partial charge in [0.05, 0.1) is 17.8 Å². The van der Waals surface area contributed by atoms with Crippen LogP contribution in [-0.2, 0) is 20.8 Å². The second-order valence-electron chi connectivity index (χ2n) is 8.03. The van der Waals surface area contributed by atoms with Crippen molar-refractivity contribution in [2.24, 2.45) is 11.8 Å². The zero-order valence-corrected chi connectivity index (χ0v) is 18.5. The molecule has 166 valence electrons. The zero-order chi connectivity index (χ0) is 22.4. The molecule has 3 amide bonds. The van der Waals surface area contributed by atoms with Crippen molar-refractivity contribution in [3.63, 3.8) is 0 Å². The van der Waals surface area contributed by atoms with E-state index in [1.165, 1.54) is 29.5 Å². The van der Waals surface area contributed by atoms with Gasteiger partial charge in [-0.2, -0.15) is 0 Å². The molecule has 1 saturated carbocycles. The molecule has 0 spiro atoms. The lowest BCUT2D eigenvalue weighted by Gasteiger charge is -2.21. The van der Waals surface area contributed by atoms with Crippen LogP contribution in [0, 0.1) is 17.7 Å². The standard InChI is InChI=1S/C22H27FN4O3S/c1-13(2)20(29)27-22-25-16(12-31-22)11-19(28)24-15-8-9-17(23)18(10-15)26-21(30)14-6-4-3-5-7-14/h8-10,12-14H,3-7,11H2,1-2H3,(H,24,28)(H,26,30)(H,25,27,29). The summed E-state index contributed by atoms with van der Waals surface area (Å²) >= 11 is 1.25. The second-order valence-corrected chi connectivity index (χ2v) is 8.89. The fourth-order valence-corrected chi connectivity index (χ4v) is 4.08. The molecule has 0 atom stereocenters. The Kier molecular flexibility index (Phi) is 7.73. The molecule has 1 fully saturated rings. The van der Waals surface area contributed by atoms with Crippen LogP contribution < -0.4 is 16.0 Å². The van der Waals surface area contributed by atoms with Gasteiger partial charge in [-0.25, -0.2) is 9.37 Å². The topological polar surface area (TPSA) is 100 Å². The number of halogens is 1. The van der Waals surface area contributed by atoms with Gasteiger partial charge in [0, 0.05) is 22.9 Å². The molecule has 31 heavy (non-hydrogen) atoms. The summed E-state index contributed by atoms with van der Waals surface area (Å²) < 4.78 is 14.2. The maximum atomic E-state index is 14.2. The summed E-state index contributed by atoms with van der Waals surface area (Å²) in [4.78, 5) is 40.8. The van der Waals surface area contributed by atoms with Crippen LogP contribution in [0.1, 0.15) is 51.6 Å². The largest absolute Gasteiger partial charge is 0.326 e. The van der Waals surface area contributed by atoms with Crippen LogP contribution in [-0.4, -0.2) is 22.7 Å². The number of carbonyl (C=O) groups excluding carboxylic acids is 3. The predicted octanol–water partition coefficient (Wildman–Crippen LogP) is 4.58. The molecule has 2 aromatic rings. The molecule has 9 heteroatoms. The molecule has 0 unspecified atom stereocenters. The van der Waals surface area contributed by atoms with Crippen LogP contribution >= 0.6 is 11.3 Å². The van der Waals surface area contributed by atoms with Crippen molar-refractivity contribution in [1.29, 1.82) is 0 Å². The van der Waals surface area contributed by atoms with Crippen LogP contribution in [0.2, 0.25) is 0 Å². The molecule has 7 nitrogen and oxygen atoms in total. The first-order valence-corrected chi connectivity index (χ1v) is 11.4. The van der Waals surface area contributed by atoms with Crippen LogP contribution in [0.15, 0.2) is 23.6 Å². The van der Waals surface area contributed by atoms with E-state index in [0.29, 0.717) is 16.5 Å². The number of benzene rings is 1. The third-order valence-corrected chi connectivity index (χ3v) is 5.94. The summed E-state index contributed by atoms with van der Waals surface area (Å²) in [6, 6.07) is 4.08. The molecule has 1 heterocycles. The average molecular weight is 447 g/mol. The van der Waals surface area contributed by atoms with Gasteiger partial charge in [-0.05, 0) is 31.0 Å². The third kappa shape index (κ3) is 6.58. The van der Waals surface area contributed by atoms with E-state index in [1.807, 2.05) is 0 Å². The van der Waals surface area contributed by atoms with Gasteiger partial charge in [0.2, 0.25) is 17.7 Å². The summed E-state index contributed by atoms with van der Waals surface area (Å²) in [6.07, 6.45) is 4.79. The number of hydrogen-bond acceptors (Lipinski definition) is 5. The summed E-state index contributed by atoms with van der Waals surface area (Å²) in [5, 5.41) is 10.2. The van der Waals surface area contributed by atoms with E-state index in [2.05, 4.69) is 20.9 Å². The SMILES string of the molecule is CC(C)C(=O)Nc1nc(CC(=O)Nc2ccc(F)c(NC(=O)C3CCCCC3)c2)cs1. The number of aromatic nitrogens is 1. The van der Waals surface area contributed by atoms with E-state index in [-0.39, 0.29) is 41.7 Å². The Bertz CT molecular complexity index is 954. The Morgan fingerprint density at radius 1 is 1.13 bits per heavy atom. The number of hydrogen-bond donors (Lipinski definition) is 3. The molecule has 3 N–H and O–H groups in total. The predicted molar refractivity (Wildman–Crippen MR) is 120 cm³/mol. The molecule has 3 rings (SSSR count). The maximum absolute atomic E-state index is 14.2. The Balaban J connectivity index is 1.57. The van der Waals surface area contributed by atoms with Gasteiger partial charge in [-0.15, -0.1) is 11.3 Å². The number of amides is 3. The third-order valence-electron chi connectivity index (χ3n) is 5.13. The first kappa shape index (κ1) is 22.9. The molecular weight excluding hydrogens is 419 g/mol.